The molecule has 1 saturated heterocycles. The highest BCUT2D eigenvalue weighted by Crippen LogP contribution is 2.39. The van der Waals surface area contributed by atoms with Crippen LogP contribution in [0.2, 0.25) is 0 Å². The van der Waals surface area contributed by atoms with E-state index < -0.39 is 6.04 Å². The van der Waals surface area contributed by atoms with Crippen LogP contribution in [0.15, 0.2) is 66.7 Å². The zero-order chi connectivity index (χ0) is 24.2. The number of methoxy groups -OCH3 is 4. The van der Waals surface area contributed by atoms with Gasteiger partial charge < -0.3 is 23.8 Å². The van der Waals surface area contributed by atoms with Crippen molar-refractivity contribution in [3.05, 3.63) is 72.3 Å². The normalized spacial score (nSPS) is 15.8. The van der Waals surface area contributed by atoms with Gasteiger partial charge in [0.15, 0.2) is 11.5 Å². The molecule has 0 radical (unpaired) electrons. The molecule has 0 unspecified atom stereocenters. The van der Waals surface area contributed by atoms with Crippen LogP contribution in [0.5, 0.6) is 23.0 Å². The molecule has 1 fully saturated rings. The van der Waals surface area contributed by atoms with E-state index in [0.29, 0.717) is 39.9 Å². The topological polar surface area (TPSA) is 77.5 Å². The number of hydrogen-bond acceptors (Lipinski definition) is 6. The molecule has 1 aliphatic heterocycles. The summed E-state index contributed by atoms with van der Waals surface area (Å²) in [6.07, 6.45) is 0. The van der Waals surface area contributed by atoms with Crippen LogP contribution in [0.25, 0.3) is 0 Å². The first kappa shape index (κ1) is 23.0. The van der Waals surface area contributed by atoms with Gasteiger partial charge in [0.25, 0.3) is 5.91 Å². The molecular formula is C26H26N2O6. The molecule has 176 valence electrons. The van der Waals surface area contributed by atoms with E-state index in [4.69, 9.17) is 18.9 Å². The second kappa shape index (κ2) is 9.74. The van der Waals surface area contributed by atoms with Gasteiger partial charge in [0, 0.05) is 23.5 Å². The molecule has 0 aliphatic carbocycles. The van der Waals surface area contributed by atoms with Crippen molar-refractivity contribution in [1.82, 2.24) is 0 Å². The number of nitrogens with zero attached hydrogens (tertiary/aromatic N) is 2. The lowest BCUT2D eigenvalue weighted by Gasteiger charge is -2.40. The minimum atomic E-state index is -0.931. The molecule has 0 saturated carbocycles. The molecule has 0 spiro atoms. The van der Waals surface area contributed by atoms with Gasteiger partial charge >= 0.3 is 0 Å². The first-order chi connectivity index (χ1) is 16.5. The maximum Gasteiger partial charge on any atom is 0.255 e. The van der Waals surface area contributed by atoms with E-state index >= 15 is 0 Å². The van der Waals surface area contributed by atoms with E-state index in [-0.39, 0.29) is 18.4 Å². The van der Waals surface area contributed by atoms with Gasteiger partial charge in [0.2, 0.25) is 5.91 Å². The lowest BCUT2D eigenvalue weighted by atomic mass is 9.98. The summed E-state index contributed by atoms with van der Waals surface area (Å²) in [4.78, 5) is 30.5. The van der Waals surface area contributed by atoms with Gasteiger partial charge in [-0.15, -0.1) is 0 Å². The average Bonchev–Trinajstić information content (AvgIpc) is 2.89. The van der Waals surface area contributed by atoms with E-state index in [9.17, 15) is 9.59 Å². The van der Waals surface area contributed by atoms with Gasteiger partial charge in [-0.1, -0.05) is 18.2 Å². The number of benzene rings is 3. The summed E-state index contributed by atoms with van der Waals surface area (Å²) >= 11 is 0. The number of rotatable bonds is 7. The summed E-state index contributed by atoms with van der Waals surface area (Å²) in [6, 6.07) is 18.4. The van der Waals surface area contributed by atoms with Crippen LogP contribution in [-0.4, -0.2) is 46.8 Å². The zero-order valence-electron chi connectivity index (χ0n) is 19.5. The Balaban J connectivity index is 1.85. The van der Waals surface area contributed by atoms with Gasteiger partial charge in [-0.05, 0) is 42.0 Å². The Morgan fingerprint density at radius 2 is 1.32 bits per heavy atom. The Bertz CT molecular complexity index is 1210. The molecular weight excluding hydrogens is 436 g/mol. The van der Waals surface area contributed by atoms with Crippen LogP contribution in [-0.2, 0) is 9.59 Å². The van der Waals surface area contributed by atoms with Crippen molar-refractivity contribution in [2.24, 2.45) is 0 Å². The third-order valence-corrected chi connectivity index (χ3v) is 5.74. The van der Waals surface area contributed by atoms with Crippen molar-refractivity contribution in [1.29, 1.82) is 0 Å². The predicted octanol–water partition coefficient (Wildman–Crippen LogP) is 3.84. The van der Waals surface area contributed by atoms with E-state index in [0.717, 1.165) is 0 Å². The van der Waals surface area contributed by atoms with E-state index in [1.807, 2.05) is 0 Å². The Labute approximate surface area is 198 Å². The van der Waals surface area contributed by atoms with Crippen molar-refractivity contribution < 1.29 is 28.5 Å². The molecule has 0 aromatic heterocycles. The summed E-state index contributed by atoms with van der Waals surface area (Å²) in [5.74, 6) is 1.66. The molecule has 34 heavy (non-hydrogen) atoms. The van der Waals surface area contributed by atoms with Crippen LogP contribution >= 0.6 is 0 Å². The van der Waals surface area contributed by atoms with E-state index in [2.05, 4.69) is 0 Å². The highest BCUT2D eigenvalue weighted by molar-refractivity contribution is 6.14. The SMILES string of the molecule is COc1cccc(N2CC(=O)N(c3cccc(OC)c3)[C@H](c3ccc(OC)c(OC)c3)C2=O)c1. The highest BCUT2D eigenvalue weighted by atomic mass is 16.5. The lowest BCUT2D eigenvalue weighted by molar-refractivity contribution is -0.128. The number of carbonyl (C=O) groups excluding carboxylic acids is 2. The fourth-order valence-corrected chi connectivity index (χ4v) is 4.06. The standard InChI is InChI=1S/C26H26N2O6/c1-31-20-9-5-7-18(14-20)27-16-24(29)28(19-8-6-10-21(15-19)32-2)25(26(27)30)17-11-12-22(33-3)23(13-17)34-4/h5-15,25H,16H2,1-4H3/t25-/m1/s1. The molecule has 8 nitrogen and oxygen atoms in total. The van der Waals surface area contributed by atoms with Gasteiger partial charge in [-0.3, -0.25) is 14.5 Å². The van der Waals surface area contributed by atoms with Gasteiger partial charge in [0.05, 0.1) is 28.4 Å². The molecule has 8 heteroatoms. The average molecular weight is 463 g/mol. The van der Waals surface area contributed by atoms with Crippen LogP contribution < -0.4 is 28.7 Å². The monoisotopic (exact) mass is 462 g/mol. The predicted molar refractivity (Wildman–Crippen MR) is 128 cm³/mol. The number of carbonyl (C=O) groups is 2. The zero-order valence-corrected chi connectivity index (χ0v) is 19.5. The summed E-state index contributed by atoms with van der Waals surface area (Å²) in [7, 11) is 6.18. The third-order valence-electron chi connectivity index (χ3n) is 5.74. The van der Waals surface area contributed by atoms with Crippen molar-refractivity contribution in [3.8, 4) is 23.0 Å². The van der Waals surface area contributed by atoms with Crippen LogP contribution in [0.1, 0.15) is 11.6 Å². The molecule has 0 bridgehead atoms. The number of hydrogen-bond donors (Lipinski definition) is 0. The van der Waals surface area contributed by atoms with Crippen molar-refractivity contribution in [3.63, 3.8) is 0 Å². The summed E-state index contributed by atoms with van der Waals surface area (Å²) in [5.41, 5.74) is 1.72. The third kappa shape index (κ3) is 4.22. The highest BCUT2D eigenvalue weighted by Gasteiger charge is 2.42. The molecule has 0 N–H and O–H groups in total. The summed E-state index contributed by atoms with van der Waals surface area (Å²) in [5, 5.41) is 0. The molecule has 3 aromatic rings. The molecule has 1 atom stereocenters. The van der Waals surface area contributed by atoms with E-state index in [1.165, 1.54) is 16.9 Å². The Kier molecular flexibility index (Phi) is 6.58. The second-order valence-corrected chi connectivity index (χ2v) is 7.61. The smallest absolute Gasteiger partial charge is 0.255 e. The van der Waals surface area contributed by atoms with Crippen LogP contribution in [0.4, 0.5) is 11.4 Å². The summed E-state index contributed by atoms with van der Waals surface area (Å²) < 4.78 is 21.5. The van der Waals surface area contributed by atoms with Crippen LogP contribution in [0.3, 0.4) is 0 Å². The van der Waals surface area contributed by atoms with Crippen molar-refractivity contribution >= 4 is 23.2 Å². The number of piperazine rings is 1. The van der Waals surface area contributed by atoms with Crippen molar-refractivity contribution in [2.45, 2.75) is 6.04 Å². The molecule has 3 aromatic carbocycles. The van der Waals surface area contributed by atoms with Gasteiger partial charge in [0.1, 0.15) is 24.1 Å². The van der Waals surface area contributed by atoms with Gasteiger partial charge in [-0.2, -0.15) is 0 Å². The van der Waals surface area contributed by atoms with Crippen molar-refractivity contribution in [2.75, 3.05) is 44.8 Å². The number of amides is 2. The maximum absolute atomic E-state index is 14.0. The minimum absolute atomic E-state index is 0.118. The quantitative estimate of drug-likeness (QED) is 0.531. The number of anilines is 2. The van der Waals surface area contributed by atoms with E-state index in [1.54, 1.807) is 88.1 Å². The Hall–Kier alpha value is -4.20. The Morgan fingerprint density at radius 1 is 0.706 bits per heavy atom. The summed E-state index contributed by atoms with van der Waals surface area (Å²) in [6.45, 7) is -0.118. The minimum Gasteiger partial charge on any atom is -0.497 e. The van der Waals surface area contributed by atoms with Crippen LogP contribution in [0, 0.1) is 0 Å². The maximum atomic E-state index is 14.0. The fraction of sp³-hybridized carbons (Fsp3) is 0.231. The largest absolute Gasteiger partial charge is 0.497 e. The number of ether oxygens (including phenoxy) is 4. The molecule has 4 rings (SSSR count). The lowest BCUT2D eigenvalue weighted by Crippen LogP contribution is -2.56. The first-order valence-electron chi connectivity index (χ1n) is 10.6. The molecule has 1 aliphatic rings. The molecule has 1 heterocycles. The second-order valence-electron chi connectivity index (χ2n) is 7.61. The first-order valence-corrected chi connectivity index (χ1v) is 10.6. The molecule has 2 amide bonds. The Morgan fingerprint density at radius 3 is 1.94 bits per heavy atom. The van der Waals surface area contributed by atoms with Gasteiger partial charge in [-0.25, -0.2) is 0 Å². The fourth-order valence-electron chi connectivity index (χ4n) is 4.06.